The van der Waals surface area contributed by atoms with Crippen LogP contribution in [0.2, 0.25) is 0 Å². The second-order valence-electron chi connectivity index (χ2n) is 6.90. The molecular weight excluding hydrogens is 252 g/mol. The van der Waals surface area contributed by atoms with E-state index in [-0.39, 0.29) is 10.8 Å². The molecule has 1 aromatic carbocycles. The van der Waals surface area contributed by atoms with Gasteiger partial charge in [-0.1, -0.05) is 75.9 Å². The van der Waals surface area contributed by atoms with Gasteiger partial charge in [0.05, 0.1) is 0 Å². The fraction of sp³-hybridized carbons (Fsp3) is 0.286. The molecule has 2 rings (SSSR count). The molecule has 0 radical (unpaired) electrons. The molecule has 0 bridgehead atoms. The van der Waals surface area contributed by atoms with Gasteiger partial charge < -0.3 is 0 Å². The largest absolute Gasteiger partial charge is 0.132 e. The van der Waals surface area contributed by atoms with Crippen molar-refractivity contribution in [3.8, 4) is 0 Å². The molecule has 0 heteroatoms. The Labute approximate surface area is 128 Å². The van der Waals surface area contributed by atoms with E-state index >= 15 is 0 Å². The van der Waals surface area contributed by atoms with Crippen molar-refractivity contribution >= 4 is 6.08 Å². The molecule has 0 amide bonds. The molecule has 1 aliphatic rings. The third kappa shape index (κ3) is 3.97. The summed E-state index contributed by atoms with van der Waals surface area (Å²) < 4.78 is 0. The van der Waals surface area contributed by atoms with Gasteiger partial charge in [-0.3, -0.25) is 0 Å². The second kappa shape index (κ2) is 5.76. The molecule has 0 nitrogen and oxygen atoms in total. The van der Waals surface area contributed by atoms with Crippen LogP contribution in [0.3, 0.4) is 0 Å². The number of benzene rings is 1. The lowest BCUT2D eigenvalue weighted by Crippen LogP contribution is -2.10. The lowest BCUT2D eigenvalue weighted by atomic mass is 9.84. The van der Waals surface area contributed by atoms with Gasteiger partial charge in [0.1, 0.15) is 0 Å². The molecule has 1 aromatic rings. The molecule has 0 saturated heterocycles. The highest BCUT2D eigenvalue weighted by Crippen LogP contribution is 2.29. The smallest absolute Gasteiger partial charge is 0.0294 e. The zero-order chi connectivity index (χ0) is 15.5. The molecular formula is C21H24. The van der Waals surface area contributed by atoms with Crippen LogP contribution in [0.5, 0.6) is 0 Å². The van der Waals surface area contributed by atoms with Crippen molar-refractivity contribution in [3.63, 3.8) is 0 Å². The van der Waals surface area contributed by atoms with Gasteiger partial charge in [-0.2, -0.15) is 0 Å². The molecule has 0 aromatic heterocycles. The van der Waals surface area contributed by atoms with E-state index in [2.05, 4.69) is 94.7 Å². The zero-order valence-corrected chi connectivity index (χ0v) is 13.5. The molecule has 0 heterocycles. The third-order valence-electron chi connectivity index (χ3n) is 3.79. The summed E-state index contributed by atoms with van der Waals surface area (Å²) in [6, 6.07) is 8.81. The summed E-state index contributed by atoms with van der Waals surface area (Å²) in [5, 5.41) is 0. The van der Waals surface area contributed by atoms with Crippen molar-refractivity contribution in [2.45, 2.75) is 33.1 Å². The van der Waals surface area contributed by atoms with Crippen molar-refractivity contribution in [2.75, 3.05) is 0 Å². The average molecular weight is 276 g/mol. The van der Waals surface area contributed by atoms with Crippen LogP contribution in [0.15, 0.2) is 72.5 Å². The van der Waals surface area contributed by atoms with Gasteiger partial charge in [0.2, 0.25) is 0 Å². The van der Waals surface area contributed by atoms with Gasteiger partial charge in [0.25, 0.3) is 0 Å². The van der Waals surface area contributed by atoms with Gasteiger partial charge >= 0.3 is 0 Å². The minimum absolute atomic E-state index is 0.0603. The van der Waals surface area contributed by atoms with E-state index in [1.54, 1.807) is 0 Å². The number of allylic oxidation sites excluding steroid dienone is 6. The van der Waals surface area contributed by atoms with Crippen molar-refractivity contribution in [2.24, 2.45) is 5.41 Å². The molecule has 0 unspecified atom stereocenters. The van der Waals surface area contributed by atoms with Crippen molar-refractivity contribution in [3.05, 3.63) is 83.7 Å². The lowest BCUT2D eigenvalue weighted by molar-refractivity contribution is 0.590. The van der Waals surface area contributed by atoms with Gasteiger partial charge in [-0.15, -0.1) is 5.73 Å². The van der Waals surface area contributed by atoms with Crippen LogP contribution in [-0.2, 0) is 5.41 Å². The summed E-state index contributed by atoms with van der Waals surface area (Å²) >= 11 is 0. The molecule has 0 spiro atoms. The standard InChI is InChI=1S/C21H24/c1-6-13-21(5)14-11-18(12-15-21)16-17-7-9-19(10-8-17)20(2,3)4/h7-16H,1H2,2-5H3. The summed E-state index contributed by atoms with van der Waals surface area (Å²) in [7, 11) is 0. The topological polar surface area (TPSA) is 0 Å². The van der Waals surface area contributed by atoms with Crippen molar-refractivity contribution in [1.29, 1.82) is 0 Å². The number of hydrogen-bond acceptors (Lipinski definition) is 0. The first kappa shape index (κ1) is 15.4. The molecule has 0 saturated carbocycles. The Hall–Kier alpha value is -2.04. The molecule has 21 heavy (non-hydrogen) atoms. The van der Waals surface area contributed by atoms with Crippen LogP contribution in [-0.4, -0.2) is 0 Å². The molecule has 0 atom stereocenters. The first-order chi connectivity index (χ1) is 9.82. The Morgan fingerprint density at radius 2 is 1.62 bits per heavy atom. The van der Waals surface area contributed by atoms with E-state index in [4.69, 9.17) is 0 Å². The first-order valence-corrected chi connectivity index (χ1v) is 7.40. The molecule has 1 aliphatic carbocycles. The summed E-state index contributed by atoms with van der Waals surface area (Å²) in [4.78, 5) is 0. The zero-order valence-electron chi connectivity index (χ0n) is 13.5. The summed E-state index contributed by atoms with van der Waals surface area (Å²) in [5.74, 6) is 0. The Bertz CT molecular complexity index is 620. The number of hydrogen-bond donors (Lipinski definition) is 0. The second-order valence-corrected chi connectivity index (χ2v) is 6.90. The van der Waals surface area contributed by atoms with E-state index in [9.17, 15) is 0 Å². The van der Waals surface area contributed by atoms with Crippen LogP contribution < -0.4 is 0 Å². The van der Waals surface area contributed by atoms with E-state index in [0.717, 1.165) is 0 Å². The van der Waals surface area contributed by atoms with Gasteiger partial charge in [-0.05, 0) is 41.2 Å². The summed E-state index contributed by atoms with van der Waals surface area (Å²) in [6.07, 6.45) is 12.9. The van der Waals surface area contributed by atoms with Crippen LogP contribution in [0.4, 0.5) is 0 Å². The highest BCUT2D eigenvalue weighted by molar-refractivity contribution is 5.61. The minimum Gasteiger partial charge on any atom is -0.132 e. The quantitative estimate of drug-likeness (QED) is 0.595. The van der Waals surface area contributed by atoms with Gasteiger partial charge in [0, 0.05) is 5.41 Å². The Morgan fingerprint density at radius 1 is 1.05 bits per heavy atom. The van der Waals surface area contributed by atoms with Crippen LogP contribution in [0, 0.1) is 5.41 Å². The van der Waals surface area contributed by atoms with Gasteiger partial charge in [0.15, 0.2) is 0 Å². The van der Waals surface area contributed by atoms with E-state index < -0.39 is 0 Å². The third-order valence-corrected chi connectivity index (χ3v) is 3.79. The molecule has 0 N–H and O–H groups in total. The first-order valence-electron chi connectivity index (χ1n) is 7.40. The van der Waals surface area contributed by atoms with E-state index in [1.807, 2.05) is 6.08 Å². The molecule has 0 aliphatic heterocycles. The Morgan fingerprint density at radius 3 is 2.10 bits per heavy atom. The fourth-order valence-corrected chi connectivity index (χ4v) is 2.35. The highest BCUT2D eigenvalue weighted by atomic mass is 14.2. The van der Waals surface area contributed by atoms with Crippen LogP contribution >= 0.6 is 0 Å². The monoisotopic (exact) mass is 276 g/mol. The maximum atomic E-state index is 3.65. The van der Waals surface area contributed by atoms with Crippen LogP contribution in [0.25, 0.3) is 6.08 Å². The predicted molar refractivity (Wildman–Crippen MR) is 93.2 cm³/mol. The molecule has 0 fully saturated rings. The predicted octanol–water partition coefficient (Wildman–Crippen LogP) is 5.84. The molecule has 108 valence electrons. The normalized spacial score (nSPS) is 21.0. The Kier molecular flexibility index (Phi) is 4.21. The fourth-order valence-electron chi connectivity index (χ4n) is 2.35. The van der Waals surface area contributed by atoms with E-state index in [0.29, 0.717) is 0 Å². The van der Waals surface area contributed by atoms with Crippen molar-refractivity contribution in [1.82, 2.24) is 0 Å². The van der Waals surface area contributed by atoms with Gasteiger partial charge in [-0.25, -0.2) is 0 Å². The average Bonchev–Trinajstić information content (AvgIpc) is 2.41. The maximum absolute atomic E-state index is 3.65. The van der Waals surface area contributed by atoms with E-state index in [1.165, 1.54) is 16.7 Å². The Balaban J connectivity index is 2.19. The number of rotatable bonds is 2. The lowest BCUT2D eigenvalue weighted by Gasteiger charge is -2.20. The highest BCUT2D eigenvalue weighted by Gasteiger charge is 2.16. The van der Waals surface area contributed by atoms with Crippen LogP contribution in [0.1, 0.15) is 38.8 Å². The maximum Gasteiger partial charge on any atom is 0.0294 e. The summed E-state index contributed by atoms with van der Waals surface area (Å²) in [5.41, 5.74) is 6.82. The SMILES string of the molecule is C=C=CC1(C)C=CC(=Cc2ccc(C(C)(C)C)cc2)C=C1. The minimum atomic E-state index is -0.0603. The van der Waals surface area contributed by atoms with Crippen molar-refractivity contribution < 1.29 is 0 Å². The summed E-state index contributed by atoms with van der Waals surface area (Å²) in [6.45, 7) is 12.5.